The summed E-state index contributed by atoms with van der Waals surface area (Å²) in [6.45, 7) is -0.411. The highest BCUT2D eigenvalue weighted by Crippen LogP contribution is 2.30. The van der Waals surface area contributed by atoms with Crippen molar-refractivity contribution in [3.63, 3.8) is 0 Å². The van der Waals surface area contributed by atoms with Gasteiger partial charge in [0.1, 0.15) is 5.75 Å². The van der Waals surface area contributed by atoms with Crippen molar-refractivity contribution in [2.24, 2.45) is 0 Å². The van der Waals surface area contributed by atoms with E-state index in [2.05, 4.69) is 4.90 Å². The summed E-state index contributed by atoms with van der Waals surface area (Å²) in [4.78, 5) is 53.8. The number of rotatable bonds is 8. The van der Waals surface area contributed by atoms with Crippen LogP contribution in [0.2, 0.25) is 0 Å². The van der Waals surface area contributed by atoms with E-state index >= 15 is 0 Å². The van der Waals surface area contributed by atoms with Crippen LogP contribution in [0.5, 0.6) is 5.75 Å². The number of anilines is 1. The lowest BCUT2D eigenvalue weighted by molar-refractivity contribution is -0.123. The average molecular weight is 479 g/mol. The van der Waals surface area contributed by atoms with Crippen molar-refractivity contribution in [3.05, 3.63) is 59.7 Å². The Hall–Kier alpha value is -3.52. The number of esters is 1. The predicted molar refractivity (Wildman–Crippen MR) is 130 cm³/mol. The second kappa shape index (κ2) is 10.8. The SMILES string of the molecule is COc1cccc(C(=O)COC(=O)c2ccc(N3C(=O)CC(N(C)C4CCCCC4)C3=O)cc2)c1. The Morgan fingerprint density at radius 1 is 1.00 bits per heavy atom. The number of hydrogen-bond acceptors (Lipinski definition) is 7. The van der Waals surface area contributed by atoms with Crippen LogP contribution < -0.4 is 9.64 Å². The van der Waals surface area contributed by atoms with Crippen LogP contribution >= 0.6 is 0 Å². The molecular formula is C27H30N2O6. The summed E-state index contributed by atoms with van der Waals surface area (Å²) in [5, 5.41) is 0. The number of carbonyl (C=O) groups excluding carboxylic acids is 4. The normalized spacial score (nSPS) is 18.7. The number of amides is 2. The first-order valence-electron chi connectivity index (χ1n) is 11.9. The smallest absolute Gasteiger partial charge is 0.338 e. The zero-order valence-corrected chi connectivity index (χ0v) is 20.1. The van der Waals surface area contributed by atoms with Gasteiger partial charge in [0.2, 0.25) is 5.91 Å². The third-order valence-corrected chi connectivity index (χ3v) is 6.85. The first kappa shape index (κ1) is 24.6. The van der Waals surface area contributed by atoms with Crippen LogP contribution in [0.3, 0.4) is 0 Å². The molecule has 2 fully saturated rings. The standard InChI is InChI=1S/C27H30N2O6/c1-28(20-8-4-3-5-9-20)23-16-25(31)29(26(23)32)21-13-11-18(12-14-21)27(33)35-17-24(30)19-7-6-10-22(15-19)34-2/h6-7,10-15,20,23H,3-5,8-9,16-17H2,1-2H3. The van der Waals surface area contributed by atoms with Gasteiger partial charge in [0.15, 0.2) is 12.4 Å². The minimum Gasteiger partial charge on any atom is -0.497 e. The molecule has 1 aliphatic carbocycles. The maximum absolute atomic E-state index is 13.1. The minimum atomic E-state index is -0.665. The summed E-state index contributed by atoms with van der Waals surface area (Å²) in [6.07, 6.45) is 5.77. The quantitative estimate of drug-likeness (QED) is 0.325. The Morgan fingerprint density at radius 2 is 1.71 bits per heavy atom. The fourth-order valence-electron chi connectivity index (χ4n) is 4.79. The molecule has 1 saturated heterocycles. The van der Waals surface area contributed by atoms with Crippen LogP contribution in [-0.4, -0.2) is 61.3 Å². The molecule has 2 amide bonds. The van der Waals surface area contributed by atoms with Crippen LogP contribution in [0.15, 0.2) is 48.5 Å². The Morgan fingerprint density at radius 3 is 2.40 bits per heavy atom. The molecule has 1 saturated carbocycles. The first-order valence-corrected chi connectivity index (χ1v) is 11.9. The van der Waals surface area contributed by atoms with E-state index in [0.29, 0.717) is 23.0 Å². The van der Waals surface area contributed by atoms with Gasteiger partial charge >= 0.3 is 5.97 Å². The second-order valence-electron chi connectivity index (χ2n) is 9.02. The number of nitrogens with zero attached hydrogens (tertiary/aromatic N) is 2. The zero-order valence-electron chi connectivity index (χ0n) is 20.1. The molecule has 1 heterocycles. The monoisotopic (exact) mass is 478 g/mol. The number of carbonyl (C=O) groups is 4. The first-order chi connectivity index (χ1) is 16.9. The van der Waals surface area contributed by atoms with Gasteiger partial charge in [-0.2, -0.15) is 0 Å². The Kier molecular flexibility index (Phi) is 7.60. The maximum atomic E-state index is 13.1. The topological polar surface area (TPSA) is 93.2 Å². The number of hydrogen-bond donors (Lipinski definition) is 0. The van der Waals surface area contributed by atoms with Gasteiger partial charge in [-0.25, -0.2) is 9.69 Å². The van der Waals surface area contributed by atoms with E-state index in [9.17, 15) is 19.2 Å². The van der Waals surface area contributed by atoms with E-state index in [1.54, 1.807) is 36.4 Å². The summed E-state index contributed by atoms with van der Waals surface area (Å²) in [6, 6.07) is 12.6. The fourth-order valence-corrected chi connectivity index (χ4v) is 4.79. The lowest BCUT2D eigenvalue weighted by Crippen LogP contribution is -2.45. The van der Waals surface area contributed by atoms with Gasteiger partial charge < -0.3 is 9.47 Å². The Balaban J connectivity index is 1.37. The van der Waals surface area contributed by atoms with Crippen molar-refractivity contribution in [1.29, 1.82) is 0 Å². The molecule has 0 spiro atoms. The molecule has 0 bridgehead atoms. The molecule has 8 heteroatoms. The van der Waals surface area contributed by atoms with E-state index in [-0.39, 0.29) is 29.6 Å². The third-order valence-electron chi connectivity index (χ3n) is 6.85. The number of ether oxygens (including phenoxy) is 2. The third kappa shape index (κ3) is 5.43. The average Bonchev–Trinajstić information content (AvgIpc) is 3.20. The minimum absolute atomic E-state index is 0.155. The Bertz CT molecular complexity index is 1110. The number of Topliss-reactive ketones (excluding diaryl/α,β-unsaturated/α-hetero) is 1. The molecule has 35 heavy (non-hydrogen) atoms. The Labute approximate surface area is 204 Å². The van der Waals surface area contributed by atoms with Crippen molar-refractivity contribution in [2.75, 3.05) is 25.7 Å². The molecule has 0 aromatic heterocycles. The van der Waals surface area contributed by atoms with Crippen molar-refractivity contribution >= 4 is 29.3 Å². The highest BCUT2D eigenvalue weighted by molar-refractivity contribution is 6.22. The summed E-state index contributed by atoms with van der Waals surface area (Å²) in [5.41, 5.74) is 1.03. The van der Waals surface area contributed by atoms with Gasteiger partial charge in [-0.1, -0.05) is 31.4 Å². The van der Waals surface area contributed by atoms with E-state index in [1.165, 1.54) is 30.6 Å². The lowest BCUT2D eigenvalue weighted by Gasteiger charge is -2.34. The van der Waals surface area contributed by atoms with Gasteiger partial charge in [-0.3, -0.25) is 19.3 Å². The van der Waals surface area contributed by atoms with Crippen molar-refractivity contribution in [2.45, 2.75) is 50.6 Å². The van der Waals surface area contributed by atoms with Crippen LogP contribution in [0, 0.1) is 0 Å². The molecule has 8 nitrogen and oxygen atoms in total. The van der Waals surface area contributed by atoms with Crippen LogP contribution in [0.1, 0.15) is 59.2 Å². The van der Waals surface area contributed by atoms with Gasteiger partial charge in [-0.15, -0.1) is 0 Å². The molecule has 2 aliphatic rings. The van der Waals surface area contributed by atoms with Crippen molar-refractivity contribution < 1.29 is 28.7 Å². The fraction of sp³-hybridized carbons (Fsp3) is 0.407. The molecule has 4 rings (SSSR count). The van der Waals surface area contributed by atoms with Crippen LogP contribution in [0.4, 0.5) is 5.69 Å². The number of benzene rings is 2. The number of methoxy groups -OCH3 is 1. The molecule has 2 aromatic rings. The van der Waals surface area contributed by atoms with E-state index in [0.717, 1.165) is 25.7 Å². The van der Waals surface area contributed by atoms with Gasteiger partial charge in [0.05, 0.1) is 30.8 Å². The van der Waals surface area contributed by atoms with Gasteiger partial charge in [0.25, 0.3) is 5.91 Å². The molecule has 1 aliphatic heterocycles. The molecule has 1 unspecified atom stereocenters. The van der Waals surface area contributed by atoms with E-state index in [4.69, 9.17) is 9.47 Å². The summed E-state index contributed by atoms with van der Waals surface area (Å²) >= 11 is 0. The largest absolute Gasteiger partial charge is 0.497 e. The van der Waals surface area contributed by atoms with Crippen molar-refractivity contribution in [1.82, 2.24) is 4.90 Å². The highest BCUT2D eigenvalue weighted by Gasteiger charge is 2.43. The van der Waals surface area contributed by atoms with Crippen molar-refractivity contribution in [3.8, 4) is 5.75 Å². The second-order valence-corrected chi connectivity index (χ2v) is 9.02. The molecule has 2 aromatic carbocycles. The van der Waals surface area contributed by atoms with E-state index in [1.807, 2.05) is 7.05 Å². The molecular weight excluding hydrogens is 448 g/mol. The number of imide groups is 1. The predicted octanol–water partition coefficient (Wildman–Crippen LogP) is 3.63. The van der Waals surface area contributed by atoms with Crippen LogP contribution in [-0.2, 0) is 14.3 Å². The molecule has 184 valence electrons. The highest BCUT2D eigenvalue weighted by atomic mass is 16.5. The van der Waals surface area contributed by atoms with Gasteiger partial charge in [0, 0.05) is 11.6 Å². The molecule has 0 N–H and O–H groups in total. The lowest BCUT2D eigenvalue weighted by atomic mass is 9.93. The molecule has 0 radical (unpaired) electrons. The summed E-state index contributed by atoms with van der Waals surface area (Å²) in [7, 11) is 3.44. The number of ketones is 1. The van der Waals surface area contributed by atoms with Crippen LogP contribution in [0.25, 0.3) is 0 Å². The maximum Gasteiger partial charge on any atom is 0.338 e. The van der Waals surface area contributed by atoms with Gasteiger partial charge in [-0.05, 0) is 56.3 Å². The summed E-state index contributed by atoms with van der Waals surface area (Å²) < 4.78 is 10.3. The van der Waals surface area contributed by atoms with E-state index < -0.39 is 18.6 Å². The number of likely N-dealkylation sites (N-methyl/N-ethyl adjacent to an activating group) is 1. The zero-order chi connectivity index (χ0) is 24.9. The molecule has 1 atom stereocenters. The summed E-state index contributed by atoms with van der Waals surface area (Å²) in [5.74, 6) is -0.961.